The molecule has 0 radical (unpaired) electrons. The molecular formula is C25H38FN3O5S. The SMILES string of the molecule is C[C@@H](CC(C(=O)N[C@@H]1CC[C@H]2CN(S(=O)(=O)c3ccc(F)cc3)C[C@H]21)N(C)C(=O)O)CC(C)(C)C. The van der Waals surface area contributed by atoms with Crippen molar-refractivity contribution in [2.75, 3.05) is 20.1 Å². The monoisotopic (exact) mass is 511 g/mol. The zero-order valence-electron chi connectivity index (χ0n) is 21.2. The van der Waals surface area contributed by atoms with Gasteiger partial charge < -0.3 is 10.4 Å². The number of hydrogen-bond acceptors (Lipinski definition) is 4. The molecule has 2 amide bonds. The Kier molecular flexibility index (Phi) is 8.16. The minimum absolute atomic E-state index is 0.0445. The Morgan fingerprint density at radius 2 is 1.83 bits per heavy atom. The summed E-state index contributed by atoms with van der Waals surface area (Å²) in [5.74, 6) is -0.612. The topological polar surface area (TPSA) is 107 Å². The zero-order valence-corrected chi connectivity index (χ0v) is 22.0. The summed E-state index contributed by atoms with van der Waals surface area (Å²) in [5.41, 5.74) is 0.0598. The average Bonchev–Trinajstić information content (AvgIpc) is 3.33. The molecular weight excluding hydrogens is 473 g/mol. The van der Waals surface area contributed by atoms with E-state index in [1.54, 1.807) is 0 Å². The first-order valence-electron chi connectivity index (χ1n) is 12.2. The quantitative estimate of drug-likeness (QED) is 0.552. The maximum Gasteiger partial charge on any atom is 0.407 e. The molecule has 2 aliphatic rings. The van der Waals surface area contributed by atoms with Crippen LogP contribution in [0, 0.1) is 29.0 Å². The van der Waals surface area contributed by atoms with Crippen molar-refractivity contribution in [2.24, 2.45) is 23.2 Å². The number of carboxylic acid groups (broad SMARTS) is 1. The molecule has 3 rings (SSSR count). The molecule has 1 aliphatic heterocycles. The third-order valence-electron chi connectivity index (χ3n) is 7.26. The predicted molar refractivity (Wildman–Crippen MR) is 131 cm³/mol. The standard InChI is InChI=1S/C25H38FN3O5S/c1-16(13-25(2,3)4)12-22(28(5)24(31)32)23(30)27-21-11-6-17-14-29(15-20(17)21)35(33,34)19-9-7-18(26)8-10-19/h7-10,16-17,20-22H,6,11-15H2,1-5H3,(H,27,30)(H,31,32)/t16-,17-,20+,21+,22?/m0/s1. The van der Waals surface area contributed by atoms with E-state index >= 15 is 0 Å². The number of carbonyl (C=O) groups is 2. The van der Waals surface area contributed by atoms with Crippen LogP contribution in [0.1, 0.15) is 53.4 Å². The number of nitrogens with one attached hydrogen (secondary N) is 1. The smallest absolute Gasteiger partial charge is 0.407 e. The van der Waals surface area contributed by atoms with Gasteiger partial charge in [-0.05, 0) is 73.1 Å². The van der Waals surface area contributed by atoms with E-state index in [9.17, 15) is 27.5 Å². The van der Waals surface area contributed by atoms with Crippen LogP contribution in [0.4, 0.5) is 9.18 Å². The van der Waals surface area contributed by atoms with Crippen molar-refractivity contribution in [1.29, 1.82) is 0 Å². The fraction of sp³-hybridized carbons (Fsp3) is 0.680. The summed E-state index contributed by atoms with van der Waals surface area (Å²) in [4.78, 5) is 26.1. The fourth-order valence-electron chi connectivity index (χ4n) is 5.72. The van der Waals surface area contributed by atoms with Crippen LogP contribution in [-0.2, 0) is 14.8 Å². The second-order valence-corrected chi connectivity index (χ2v) is 13.3. The van der Waals surface area contributed by atoms with E-state index in [-0.39, 0.29) is 46.6 Å². The van der Waals surface area contributed by atoms with Crippen molar-refractivity contribution < 1.29 is 27.5 Å². The molecule has 1 unspecified atom stereocenters. The minimum atomic E-state index is -3.76. The first-order chi connectivity index (χ1) is 16.2. The Balaban J connectivity index is 1.69. The van der Waals surface area contributed by atoms with Crippen molar-refractivity contribution in [3.63, 3.8) is 0 Å². The van der Waals surface area contributed by atoms with Gasteiger partial charge in [0.2, 0.25) is 15.9 Å². The highest BCUT2D eigenvalue weighted by atomic mass is 32.2. The number of likely N-dealkylation sites (N-methyl/N-ethyl adjacent to an activating group) is 1. The van der Waals surface area contributed by atoms with Gasteiger partial charge in [0.15, 0.2) is 0 Å². The van der Waals surface area contributed by atoms with E-state index < -0.39 is 28.0 Å². The van der Waals surface area contributed by atoms with Gasteiger partial charge in [-0.2, -0.15) is 4.31 Å². The highest BCUT2D eigenvalue weighted by Gasteiger charge is 2.47. The highest BCUT2D eigenvalue weighted by molar-refractivity contribution is 7.89. The van der Waals surface area contributed by atoms with Crippen LogP contribution in [0.3, 0.4) is 0 Å². The molecule has 1 heterocycles. The van der Waals surface area contributed by atoms with Gasteiger partial charge in [0.25, 0.3) is 0 Å². The second kappa shape index (κ2) is 10.4. The number of halogens is 1. The molecule has 0 spiro atoms. The number of amides is 2. The third-order valence-corrected chi connectivity index (χ3v) is 9.11. The Morgan fingerprint density at radius 3 is 2.40 bits per heavy atom. The van der Waals surface area contributed by atoms with Crippen molar-refractivity contribution in [1.82, 2.24) is 14.5 Å². The number of benzene rings is 1. The van der Waals surface area contributed by atoms with Crippen molar-refractivity contribution in [3.05, 3.63) is 30.1 Å². The van der Waals surface area contributed by atoms with E-state index in [0.29, 0.717) is 13.0 Å². The number of nitrogens with zero attached hydrogens (tertiary/aromatic N) is 2. The van der Waals surface area contributed by atoms with Crippen LogP contribution in [0.2, 0.25) is 0 Å². The highest BCUT2D eigenvalue weighted by Crippen LogP contribution is 2.40. The van der Waals surface area contributed by atoms with Crippen molar-refractivity contribution >= 4 is 22.0 Å². The number of fused-ring (bicyclic) bond motifs is 1. The van der Waals surface area contributed by atoms with Gasteiger partial charge in [0.1, 0.15) is 11.9 Å². The Morgan fingerprint density at radius 1 is 1.20 bits per heavy atom. The lowest BCUT2D eigenvalue weighted by Gasteiger charge is -2.31. The Hall–Kier alpha value is -2.20. The minimum Gasteiger partial charge on any atom is -0.465 e. The lowest BCUT2D eigenvalue weighted by molar-refractivity contribution is -0.127. The van der Waals surface area contributed by atoms with Crippen molar-refractivity contribution in [2.45, 2.75) is 70.4 Å². The summed E-state index contributed by atoms with van der Waals surface area (Å²) in [6.07, 6.45) is 1.62. The maximum absolute atomic E-state index is 13.3. The summed E-state index contributed by atoms with van der Waals surface area (Å²) in [7, 11) is -2.34. The van der Waals surface area contributed by atoms with E-state index in [1.165, 1.54) is 23.5 Å². The molecule has 1 aromatic rings. The van der Waals surface area contributed by atoms with Gasteiger partial charge in [0.05, 0.1) is 4.90 Å². The molecule has 8 nitrogen and oxygen atoms in total. The van der Waals surface area contributed by atoms with Crippen LogP contribution in [0.15, 0.2) is 29.2 Å². The molecule has 35 heavy (non-hydrogen) atoms. The Labute approximate surface area is 207 Å². The van der Waals surface area contributed by atoms with E-state index in [4.69, 9.17) is 0 Å². The lowest BCUT2D eigenvalue weighted by Crippen LogP contribution is -2.52. The summed E-state index contributed by atoms with van der Waals surface area (Å²) in [6.45, 7) is 9.01. The molecule has 5 atom stereocenters. The van der Waals surface area contributed by atoms with Gasteiger partial charge >= 0.3 is 6.09 Å². The van der Waals surface area contributed by atoms with E-state index in [2.05, 4.69) is 26.1 Å². The van der Waals surface area contributed by atoms with Crippen LogP contribution >= 0.6 is 0 Å². The number of carbonyl (C=O) groups excluding carboxylic acids is 1. The third kappa shape index (κ3) is 6.52. The summed E-state index contributed by atoms with van der Waals surface area (Å²) < 4.78 is 40.8. The predicted octanol–water partition coefficient (Wildman–Crippen LogP) is 3.78. The van der Waals surface area contributed by atoms with E-state index in [1.807, 2.05) is 6.92 Å². The van der Waals surface area contributed by atoms with Gasteiger partial charge in [-0.1, -0.05) is 27.7 Å². The fourth-order valence-corrected chi connectivity index (χ4v) is 7.25. The molecule has 1 aliphatic carbocycles. The Bertz CT molecular complexity index is 1020. The first-order valence-corrected chi connectivity index (χ1v) is 13.6. The van der Waals surface area contributed by atoms with Gasteiger partial charge in [-0.15, -0.1) is 0 Å². The van der Waals surface area contributed by atoms with Crippen LogP contribution in [0.5, 0.6) is 0 Å². The molecule has 1 saturated heterocycles. The van der Waals surface area contributed by atoms with Crippen LogP contribution < -0.4 is 5.32 Å². The average molecular weight is 512 g/mol. The molecule has 2 fully saturated rings. The molecule has 196 valence electrons. The normalized spacial score (nSPS) is 24.6. The second-order valence-electron chi connectivity index (χ2n) is 11.4. The zero-order chi connectivity index (χ0) is 26.1. The number of sulfonamides is 1. The molecule has 0 aromatic heterocycles. The largest absolute Gasteiger partial charge is 0.465 e. The molecule has 1 aromatic carbocycles. The lowest BCUT2D eigenvalue weighted by atomic mass is 9.82. The number of rotatable bonds is 8. The molecule has 1 saturated carbocycles. The molecule has 0 bridgehead atoms. The van der Waals surface area contributed by atoms with Gasteiger partial charge in [-0.25, -0.2) is 17.6 Å². The maximum atomic E-state index is 13.3. The summed E-state index contributed by atoms with van der Waals surface area (Å²) >= 11 is 0. The molecule has 10 heteroatoms. The summed E-state index contributed by atoms with van der Waals surface area (Å²) in [6, 6.07) is 3.76. The first kappa shape index (κ1) is 27.4. The van der Waals surface area contributed by atoms with Gasteiger partial charge in [0, 0.05) is 26.2 Å². The van der Waals surface area contributed by atoms with Gasteiger partial charge in [-0.3, -0.25) is 9.69 Å². The van der Waals surface area contributed by atoms with Crippen LogP contribution in [0.25, 0.3) is 0 Å². The summed E-state index contributed by atoms with van der Waals surface area (Å²) in [5, 5.41) is 12.6. The molecule has 2 N–H and O–H groups in total. The van der Waals surface area contributed by atoms with E-state index in [0.717, 1.165) is 36.3 Å². The number of hydrogen-bond donors (Lipinski definition) is 2. The van der Waals surface area contributed by atoms with Crippen molar-refractivity contribution in [3.8, 4) is 0 Å². The van der Waals surface area contributed by atoms with Crippen LogP contribution in [-0.4, -0.2) is 67.0 Å².